The minimum Gasteiger partial charge on any atom is -0.0683 e. The molecule has 0 nitrogen and oxygen atoms in total. The summed E-state index contributed by atoms with van der Waals surface area (Å²) in [5, 5.41) is 0. The van der Waals surface area contributed by atoms with Crippen LogP contribution >= 0.6 is 0 Å². The number of hydrogen-bond acceptors (Lipinski definition) is 0. The Kier molecular flexibility index (Phi) is 5.44. The van der Waals surface area contributed by atoms with E-state index < -0.39 is 0 Å². The standard InChI is InChI=1S/C10H14.C2H6/c1-4-10-8(2)6-5-7-9(10)3;1-2/h5-7H,4H2,1-3H3;1-2H3. The largest absolute Gasteiger partial charge is 0.0683 e. The van der Waals surface area contributed by atoms with Crippen LogP contribution in [0.25, 0.3) is 0 Å². The van der Waals surface area contributed by atoms with Gasteiger partial charge in [0, 0.05) is 0 Å². The first-order chi connectivity index (χ1) is 5.75. The minimum absolute atomic E-state index is 1.15. The van der Waals surface area contributed by atoms with Gasteiger partial charge >= 0.3 is 0 Å². The molecule has 0 fully saturated rings. The van der Waals surface area contributed by atoms with E-state index in [1.807, 2.05) is 13.8 Å². The van der Waals surface area contributed by atoms with Crippen LogP contribution in [0.3, 0.4) is 0 Å². The van der Waals surface area contributed by atoms with Crippen LogP contribution in [0.15, 0.2) is 18.2 Å². The molecule has 0 amide bonds. The molecule has 1 aromatic carbocycles. The molecule has 1 rings (SSSR count). The second-order valence-corrected chi connectivity index (χ2v) is 2.72. The maximum Gasteiger partial charge on any atom is -0.0302 e. The number of rotatable bonds is 1. The molecule has 0 aliphatic carbocycles. The quantitative estimate of drug-likeness (QED) is 0.590. The fourth-order valence-corrected chi connectivity index (χ4v) is 1.41. The Hall–Kier alpha value is -0.780. The van der Waals surface area contributed by atoms with Crippen molar-refractivity contribution in [2.75, 3.05) is 0 Å². The second kappa shape index (κ2) is 5.82. The highest BCUT2D eigenvalue weighted by Gasteiger charge is 1.96. The summed E-state index contributed by atoms with van der Waals surface area (Å²) in [6.45, 7) is 10.5. The lowest BCUT2D eigenvalue weighted by Gasteiger charge is -2.04. The summed E-state index contributed by atoms with van der Waals surface area (Å²) in [4.78, 5) is 0. The lowest BCUT2D eigenvalue weighted by molar-refractivity contribution is 1.08. The van der Waals surface area contributed by atoms with Gasteiger partial charge in [0.25, 0.3) is 0 Å². The average molecular weight is 164 g/mol. The van der Waals surface area contributed by atoms with Crippen LogP contribution in [0.4, 0.5) is 0 Å². The van der Waals surface area contributed by atoms with Crippen LogP contribution in [0, 0.1) is 13.8 Å². The van der Waals surface area contributed by atoms with Crippen LogP contribution in [0.1, 0.15) is 37.5 Å². The van der Waals surface area contributed by atoms with E-state index in [4.69, 9.17) is 0 Å². The maximum atomic E-state index is 2.20. The first-order valence-electron chi connectivity index (χ1n) is 4.80. The predicted molar refractivity (Wildman–Crippen MR) is 56.6 cm³/mol. The molecule has 0 unspecified atom stereocenters. The highest BCUT2D eigenvalue weighted by Crippen LogP contribution is 2.12. The van der Waals surface area contributed by atoms with Gasteiger partial charge in [0.15, 0.2) is 0 Å². The van der Waals surface area contributed by atoms with Crippen molar-refractivity contribution in [3.05, 3.63) is 34.9 Å². The summed E-state index contributed by atoms with van der Waals surface area (Å²) < 4.78 is 0. The van der Waals surface area contributed by atoms with Crippen LogP contribution < -0.4 is 0 Å². The number of hydrogen-bond donors (Lipinski definition) is 0. The second-order valence-electron chi connectivity index (χ2n) is 2.72. The zero-order valence-corrected chi connectivity index (χ0v) is 8.94. The maximum absolute atomic E-state index is 2.20. The Bertz CT molecular complexity index is 203. The molecule has 68 valence electrons. The molecule has 0 spiro atoms. The van der Waals surface area contributed by atoms with Crippen LogP contribution in [0.2, 0.25) is 0 Å². The van der Waals surface area contributed by atoms with Gasteiger partial charge in [-0.3, -0.25) is 0 Å². The lowest BCUT2D eigenvalue weighted by atomic mass is 10.0. The van der Waals surface area contributed by atoms with E-state index in [0.29, 0.717) is 0 Å². The van der Waals surface area contributed by atoms with E-state index in [2.05, 4.69) is 39.0 Å². The van der Waals surface area contributed by atoms with Gasteiger partial charge in [-0.25, -0.2) is 0 Å². The topological polar surface area (TPSA) is 0 Å². The smallest absolute Gasteiger partial charge is 0.0302 e. The number of benzene rings is 1. The van der Waals surface area contributed by atoms with Crippen LogP contribution in [-0.2, 0) is 6.42 Å². The lowest BCUT2D eigenvalue weighted by Crippen LogP contribution is -1.89. The molecular weight excluding hydrogens is 144 g/mol. The average Bonchev–Trinajstić information content (AvgIpc) is 2.08. The third-order valence-corrected chi connectivity index (χ3v) is 2.00. The fourth-order valence-electron chi connectivity index (χ4n) is 1.41. The normalized spacial score (nSPS) is 8.75. The SMILES string of the molecule is CC.CCc1c(C)cccc1C. The summed E-state index contributed by atoms with van der Waals surface area (Å²) in [6.07, 6.45) is 1.15. The Morgan fingerprint density at radius 3 is 1.67 bits per heavy atom. The summed E-state index contributed by atoms with van der Waals surface area (Å²) >= 11 is 0. The van der Waals surface area contributed by atoms with Crippen molar-refractivity contribution in [2.24, 2.45) is 0 Å². The van der Waals surface area contributed by atoms with Crippen molar-refractivity contribution < 1.29 is 0 Å². The van der Waals surface area contributed by atoms with Gasteiger partial charge in [-0.05, 0) is 37.0 Å². The molecule has 0 heterocycles. The van der Waals surface area contributed by atoms with Crippen LogP contribution in [-0.4, -0.2) is 0 Å². The molecule has 0 N–H and O–H groups in total. The van der Waals surface area contributed by atoms with Gasteiger partial charge in [0.1, 0.15) is 0 Å². The molecular formula is C12H20. The molecule has 0 aromatic heterocycles. The molecule has 0 saturated heterocycles. The molecule has 0 aliphatic rings. The molecule has 0 radical (unpaired) electrons. The molecule has 0 aliphatic heterocycles. The van der Waals surface area contributed by atoms with E-state index in [-0.39, 0.29) is 0 Å². The van der Waals surface area contributed by atoms with E-state index >= 15 is 0 Å². The van der Waals surface area contributed by atoms with Crippen LogP contribution in [0.5, 0.6) is 0 Å². The van der Waals surface area contributed by atoms with Gasteiger partial charge in [-0.1, -0.05) is 39.0 Å². The first-order valence-corrected chi connectivity index (χ1v) is 4.80. The summed E-state index contributed by atoms with van der Waals surface area (Å²) in [6, 6.07) is 6.46. The first kappa shape index (κ1) is 11.2. The predicted octanol–water partition coefficient (Wildman–Crippen LogP) is 3.89. The monoisotopic (exact) mass is 164 g/mol. The molecule has 12 heavy (non-hydrogen) atoms. The molecule has 0 saturated carbocycles. The Morgan fingerprint density at radius 2 is 1.42 bits per heavy atom. The van der Waals surface area contributed by atoms with E-state index in [9.17, 15) is 0 Å². The molecule has 0 atom stereocenters. The summed E-state index contributed by atoms with van der Waals surface area (Å²) in [5.41, 5.74) is 4.34. The van der Waals surface area contributed by atoms with Gasteiger partial charge in [-0.2, -0.15) is 0 Å². The van der Waals surface area contributed by atoms with Gasteiger partial charge in [-0.15, -0.1) is 0 Å². The Balaban J connectivity index is 0.000000561. The van der Waals surface area contributed by atoms with Crippen molar-refractivity contribution in [2.45, 2.75) is 41.0 Å². The number of aryl methyl sites for hydroxylation is 2. The minimum atomic E-state index is 1.15. The summed E-state index contributed by atoms with van der Waals surface area (Å²) in [5.74, 6) is 0. The Labute approximate surface area is 76.6 Å². The zero-order valence-electron chi connectivity index (χ0n) is 8.94. The van der Waals surface area contributed by atoms with E-state index in [1.165, 1.54) is 16.7 Å². The van der Waals surface area contributed by atoms with Crippen molar-refractivity contribution >= 4 is 0 Å². The highest BCUT2D eigenvalue weighted by molar-refractivity contribution is 5.33. The van der Waals surface area contributed by atoms with E-state index in [1.54, 1.807) is 0 Å². The van der Waals surface area contributed by atoms with Crippen molar-refractivity contribution in [3.8, 4) is 0 Å². The Morgan fingerprint density at radius 1 is 1.00 bits per heavy atom. The van der Waals surface area contributed by atoms with Gasteiger partial charge in [0.05, 0.1) is 0 Å². The van der Waals surface area contributed by atoms with Gasteiger partial charge in [0.2, 0.25) is 0 Å². The third-order valence-electron chi connectivity index (χ3n) is 2.00. The molecule has 0 bridgehead atoms. The van der Waals surface area contributed by atoms with Crippen molar-refractivity contribution in [1.82, 2.24) is 0 Å². The molecule has 0 heteroatoms. The molecule has 1 aromatic rings. The van der Waals surface area contributed by atoms with Crippen molar-refractivity contribution in [1.29, 1.82) is 0 Å². The van der Waals surface area contributed by atoms with Gasteiger partial charge < -0.3 is 0 Å². The summed E-state index contributed by atoms with van der Waals surface area (Å²) in [7, 11) is 0. The van der Waals surface area contributed by atoms with Crippen molar-refractivity contribution in [3.63, 3.8) is 0 Å². The highest BCUT2D eigenvalue weighted by atomic mass is 14.0. The zero-order chi connectivity index (χ0) is 9.56. The third kappa shape index (κ3) is 2.69. The fraction of sp³-hybridized carbons (Fsp3) is 0.500. The van der Waals surface area contributed by atoms with E-state index in [0.717, 1.165) is 6.42 Å².